The van der Waals surface area contributed by atoms with Crippen molar-refractivity contribution in [2.24, 2.45) is 45.8 Å². The van der Waals surface area contributed by atoms with Crippen LogP contribution in [0.4, 0.5) is 0 Å². The average molecular weight is 503 g/mol. The lowest BCUT2D eigenvalue weighted by Crippen LogP contribution is -2.64. The normalized spacial score (nSPS) is 49.8. The summed E-state index contributed by atoms with van der Waals surface area (Å²) in [6, 6.07) is 0. The Bertz CT molecular complexity index is 957. The molecule has 0 radical (unpaired) electrons. The van der Waals surface area contributed by atoms with Crippen LogP contribution in [0.3, 0.4) is 0 Å². The number of carbonyl (C=O) groups excluding carboxylic acids is 1. The number of allylic oxidation sites excluding steroid dienone is 2. The van der Waals surface area contributed by atoms with Gasteiger partial charge in [0.1, 0.15) is 12.7 Å². The molecule has 0 spiro atoms. The van der Waals surface area contributed by atoms with E-state index in [1.807, 2.05) is 6.08 Å². The Morgan fingerprint density at radius 1 is 1.00 bits per heavy atom. The van der Waals surface area contributed by atoms with Crippen LogP contribution in [0.1, 0.15) is 79.6 Å². The van der Waals surface area contributed by atoms with E-state index in [2.05, 4.69) is 40.7 Å². The fourth-order valence-electron chi connectivity index (χ4n) is 9.68. The molecule has 6 nitrogen and oxygen atoms in total. The maximum atomic E-state index is 12.0. The Morgan fingerprint density at radius 2 is 1.72 bits per heavy atom. The van der Waals surface area contributed by atoms with Gasteiger partial charge in [-0.2, -0.15) is 0 Å². The molecule has 202 valence electrons. The summed E-state index contributed by atoms with van der Waals surface area (Å²) in [6.07, 6.45) is 6.55. The Labute approximate surface area is 215 Å². The van der Waals surface area contributed by atoms with Crippen molar-refractivity contribution >= 4 is 5.97 Å². The van der Waals surface area contributed by atoms with Crippen molar-refractivity contribution in [3.8, 4) is 0 Å². The summed E-state index contributed by atoms with van der Waals surface area (Å²) in [6.45, 7) is 11.9. The van der Waals surface area contributed by atoms with Crippen LogP contribution in [0.5, 0.6) is 0 Å². The highest BCUT2D eigenvalue weighted by molar-refractivity contribution is 5.90. The SMILES string of the molecule is CC(CC[C@@H](C)[C@H]1CC[C@@]2(C)[C@@H]3C[C@H](O)[C@H]4[C@@H](O)[C@H](O)[C@@H](O)C[C@]4(C)C3=CC[C@]12C)C1=CCOC1=O. The van der Waals surface area contributed by atoms with Gasteiger partial charge in [-0.25, -0.2) is 4.79 Å². The lowest BCUT2D eigenvalue weighted by molar-refractivity contribution is -0.195. The topological polar surface area (TPSA) is 107 Å². The van der Waals surface area contributed by atoms with Crippen LogP contribution in [0.2, 0.25) is 0 Å². The Kier molecular flexibility index (Phi) is 6.55. The minimum absolute atomic E-state index is 0.0281. The van der Waals surface area contributed by atoms with E-state index < -0.39 is 35.7 Å². The molecule has 36 heavy (non-hydrogen) atoms. The molecule has 0 aromatic carbocycles. The van der Waals surface area contributed by atoms with E-state index in [1.54, 1.807) is 0 Å². The zero-order valence-corrected chi connectivity index (χ0v) is 22.6. The number of rotatable bonds is 5. The quantitative estimate of drug-likeness (QED) is 0.337. The summed E-state index contributed by atoms with van der Waals surface area (Å²) in [5, 5.41) is 43.1. The van der Waals surface area contributed by atoms with E-state index in [1.165, 1.54) is 5.57 Å². The minimum atomic E-state index is -1.21. The molecular weight excluding hydrogens is 456 g/mol. The van der Waals surface area contributed by atoms with E-state index in [9.17, 15) is 25.2 Å². The molecule has 12 atom stereocenters. The fraction of sp³-hybridized carbons (Fsp3) is 0.833. The molecular formula is C30H46O6. The Hall–Kier alpha value is -1.21. The van der Waals surface area contributed by atoms with Crippen LogP contribution < -0.4 is 0 Å². The first-order valence-corrected chi connectivity index (χ1v) is 14.1. The van der Waals surface area contributed by atoms with Crippen molar-refractivity contribution in [1.29, 1.82) is 0 Å². The predicted molar refractivity (Wildman–Crippen MR) is 137 cm³/mol. The number of hydrogen-bond donors (Lipinski definition) is 4. The van der Waals surface area contributed by atoms with Crippen molar-refractivity contribution in [3.05, 3.63) is 23.3 Å². The highest BCUT2D eigenvalue weighted by Gasteiger charge is 2.66. The van der Waals surface area contributed by atoms with Crippen molar-refractivity contribution in [1.82, 2.24) is 0 Å². The lowest BCUT2D eigenvalue weighted by atomic mass is 9.43. The van der Waals surface area contributed by atoms with Gasteiger partial charge < -0.3 is 25.2 Å². The van der Waals surface area contributed by atoms with E-state index in [0.29, 0.717) is 31.3 Å². The van der Waals surface area contributed by atoms with Crippen LogP contribution in [0, 0.1) is 45.8 Å². The van der Waals surface area contributed by atoms with Gasteiger partial charge in [-0.3, -0.25) is 0 Å². The molecule has 1 unspecified atom stereocenters. The van der Waals surface area contributed by atoms with Gasteiger partial charge >= 0.3 is 5.97 Å². The zero-order chi connectivity index (χ0) is 26.2. The first-order chi connectivity index (χ1) is 16.8. The van der Waals surface area contributed by atoms with Gasteiger partial charge in [-0.1, -0.05) is 46.3 Å². The minimum Gasteiger partial charge on any atom is -0.458 e. The molecule has 1 heterocycles. The number of hydrogen-bond acceptors (Lipinski definition) is 6. The van der Waals surface area contributed by atoms with Crippen LogP contribution in [0.25, 0.3) is 0 Å². The number of carbonyl (C=O) groups is 1. The monoisotopic (exact) mass is 502 g/mol. The average Bonchev–Trinajstić information content (AvgIpc) is 3.36. The fourth-order valence-corrected chi connectivity index (χ4v) is 9.68. The third kappa shape index (κ3) is 3.61. The molecule has 3 fully saturated rings. The lowest BCUT2D eigenvalue weighted by Gasteiger charge is -2.63. The molecule has 0 aromatic rings. The van der Waals surface area contributed by atoms with Crippen molar-refractivity contribution in [3.63, 3.8) is 0 Å². The summed E-state index contributed by atoms with van der Waals surface area (Å²) < 4.78 is 5.11. The first kappa shape index (κ1) is 26.4. The van der Waals surface area contributed by atoms with E-state index in [4.69, 9.17) is 4.74 Å². The predicted octanol–water partition coefficient (Wildman–Crippen LogP) is 3.76. The molecule has 0 amide bonds. The zero-order valence-electron chi connectivity index (χ0n) is 22.6. The summed E-state index contributed by atoms with van der Waals surface area (Å²) in [4.78, 5) is 12.0. The van der Waals surface area contributed by atoms with Crippen molar-refractivity contribution in [2.75, 3.05) is 6.61 Å². The van der Waals surface area contributed by atoms with Gasteiger partial charge in [0.05, 0.1) is 18.3 Å². The summed E-state index contributed by atoms with van der Waals surface area (Å²) in [5.74, 6) is 0.887. The third-order valence-electron chi connectivity index (χ3n) is 12.0. The molecule has 6 heteroatoms. The number of ether oxygens (including phenoxy) is 1. The van der Waals surface area contributed by atoms with E-state index in [0.717, 1.165) is 37.7 Å². The van der Waals surface area contributed by atoms with Crippen LogP contribution in [-0.2, 0) is 9.53 Å². The third-order valence-corrected chi connectivity index (χ3v) is 12.0. The van der Waals surface area contributed by atoms with Crippen LogP contribution in [0.15, 0.2) is 23.3 Å². The molecule has 0 bridgehead atoms. The molecule has 4 N–H and O–H groups in total. The van der Waals surface area contributed by atoms with Crippen LogP contribution in [-0.4, -0.2) is 57.4 Å². The second-order valence-corrected chi connectivity index (χ2v) is 13.6. The van der Waals surface area contributed by atoms with Crippen LogP contribution >= 0.6 is 0 Å². The Morgan fingerprint density at radius 3 is 2.39 bits per heavy atom. The van der Waals surface area contributed by atoms with Gasteiger partial charge in [-0.05, 0) is 90.9 Å². The van der Waals surface area contributed by atoms with Gasteiger partial charge in [-0.15, -0.1) is 0 Å². The largest absolute Gasteiger partial charge is 0.458 e. The highest BCUT2D eigenvalue weighted by atomic mass is 16.5. The maximum absolute atomic E-state index is 12.0. The van der Waals surface area contributed by atoms with E-state index >= 15 is 0 Å². The highest BCUT2D eigenvalue weighted by Crippen LogP contribution is 2.72. The standard InChI is InChI=1S/C30H46O6/c1-16(18-10-13-36-27(18)35)6-7-17(2)19-8-11-30(5)21-14-22(31)24-26(34)25(33)23(32)15-28(24,3)20(21)9-12-29(19,30)4/h9-10,16-17,19,21-26,31-34H,6-8,11-15H2,1-5H3/t16?,17-,19-,21-,22+,23+,24+,25-,26-,28-,29-,30+/m1/s1. The number of aliphatic hydroxyl groups is 4. The number of esters is 1. The summed E-state index contributed by atoms with van der Waals surface area (Å²) >= 11 is 0. The van der Waals surface area contributed by atoms with Crippen molar-refractivity contribution < 1.29 is 30.0 Å². The smallest absolute Gasteiger partial charge is 0.334 e. The van der Waals surface area contributed by atoms with Gasteiger partial charge in [0, 0.05) is 11.5 Å². The molecule has 0 saturated heterocycles. The maximum Gasteiger partial charge on any atom is 0.334 e. The molecule has 5 aliphatic rings. The second kappa shape index (κ2) is 8.93. The van der Waals surface area contributed by atoms with Gasteiger partial charge in [0.15, 0.2) is 0 Å². The number of cyclic esters (lactones) is 1. The summed E-state index contributed by atoms with van der Waals surface area (Å²) in [5.41, 5.74) is 1.73. The molecule has 1 aliphatic heterocycles. The molecule has 5 rings (SSSR count). The number of fused-ring (bicyclic) bond motifs is 5. The molecule has 3 saturated carbocycles. The second-order valence-electron chi connectivity index (χ2n) is 13.6. The van der Waals surface area contributed by atoms with Gasteiger partial charge in [0.25, 0.3) is 0 Å². The Balaban J connectivity index is 1.38. The van der Waals surface area contributed by atoms with Gasteiger partial charge in [0.2, 0.25) is 0 Å². The number of aliphatic hydroxyl groups excluding tert-OH is 4. The first-order valence-electron chi connectivity index (χ1n) is 14.1. The molecule has 4 aliphatic carbocycles. The van der Waals surface area contributed by atoms with E-state index in [-0.39, 0.29) is 28.6 Å². The molecule has 0 aromatic heterocycles. The van der Waals surface area contributed by atoms with Crippen molar-refractivity contribution in [2.45, 2.75) is 104 Å². The summed E-state index contributed by atoms with van der Waals surface area (Å²) in [7, 11) is 0.